The summed E-state index contributed by atoms with van der Waals surface area (Å²) in [5.41, 5.74) is 3.61. The molecule has 2 N–H and O–H groups in total. The second kappa shape index (κ2) is 9.11. The van der Waals surface area contributed by atoms with E-state index in [1.807, 2.05) is 6.92 Å². The fraction of sp³-hybridized carbons (Fsp3) is 0.409. The molecular weight excluding hydrogens is 389 g/mol. The average molecular weight is 415 g/mol. The number of nitrogens with one attached hydrogen (secondary N) is 1. The molecular formula is C22H26FN3O4. The van der Waals surface area contributed by atoms with Gasteiger partial charge in [-0.1, -0.05) is 19.0 Å². The summed E-state index contributed by atoms with van der Waals surface area (Å²) in [6.07, 6.45) is 2.21. The molecule has 3 rings (SSSR count). The Kier molecular flexibility index (Phi) is 6.54. The van der Waals surface area contributed by atoms with Crippen molar-refractivity contribution < 1.29 is 18.8 Å². The first-order valence-electron chi connectivity index (χ1n) is 9.99. The maximum absolute atomic E-state index is 14.9. The van der Waals surface area contributed by atoms with E-state index in [0.29, 0.717) is 17.7 Å². The SMILES string of the molecule is CCC(CC)c1nc(Cc2c(C)cc(OCc3noc(=O)[nH]3)c(F)c2C)ccc1O. The fourth-order valence-corrected chi connectivity index (χ4v) is 3.57. The number of aromatic nitrogens is 3. The summed E-state index contributed by atoms with van der Waals surface area (Å²) < 4.78 is 24.8. The predicted octanol–water partition coefficient (Wildman–Crippen LogP) is 4.29. The molecule has 8 heteroatoms. The molecule has 0 unspecified atom stereocenters. The number of aryl methyl sites for hydroxylation is 1. The van der Waals surface area contributed by atoms with Crippen LogP contribution in [-0.4, -0.2) is 20.2 Å². The molecule has 0 spiro atoms. The summed E-state index contributed by atoms with van der Waals surface area (Å²) in [4.78, 5) is 18.0. The van der Waals surface area contributed by atoms with Gasteiger partial charge in [0.1, 0.15) is 12.4 Å². The Morgan fingerprint density at radius 3 is 2.63 bits per heavy atom. The second-order valence-electron chi connectivity index (χ2n) is 7.34. The summed E-state index contributed by atoms with van der Waals surface area (Å²) in [6.45, 7) is 7.61. The van der Waals surface area contributed by atoms with E-state index in [9.17, 15) is 14.3 Å². The Balaban J connectivity index is 1.86. The summed E-state index contributed by atoms with van der Waals surface area (Å²) in [6, 6.07) is 5.05. The highest BCUT2D eigenvalue weighted by Gasteiger charge is 2.18. The molecule has 2 heterocycles. The van der Waals surface area contributed by atoms with Gasteiger partial charge in [0, 0.05) is 18.0 Å². The number of benzene rings is 1. The van der Waals surface area contributed by atoms with Gasteiger partial charge >= 0.3 is 5.76 Å². The van der Waals surface area contributed by atoms with Crippen LogP contribution >= 0.6 is 0 Å². The van der Waals surface area contributed by atoms with Gasteiger partial charge in [-0.3, -0.25) is 14.5 Å². The lowest BCUT2D eigenvalue weighted by molar-refractivity contribution is 0.271. The number of H-pyrrole nitrogens is 1. The molecule has 0 aliphatic carbocycles. The summed E-state index contributed by atoms with van der Waals surface area (Å²) >= 11 is 0. The minimum Gasteiger partial charge on any atom is -0.506 e. The van der Waals surface area contributed by atoms with E-state index in [4.69, 9.17) is 4.74 Å². The molecule has 0 amide bonds. The zero-order valence-corrected chi connectivity index (χ0v) is 17.6. The molecule has 0 bridgehead atoms. The lowest BCUT2D eigenvalue weighted by Crippen LogP contribution is -2.07. The number of nitrogens with zero attached hydrogens (tertiary/aromatic N) is 2. The van der Waals surface area contributed by atoms with E-state index >= 15 is 0 Å². The quantitative estimate of drug-likeness (QED) is 0.569. The van der Waals surface area contributed by atoms with Crippen LogP contribution in [0.2, 0.25) is 0 Å². The molecule has 0 fully saturated rings. The molecule has 0 radical (unpaired) electrons. The largest absolute Gasteiger partial charge is 0.506 e. The highest BCUT2D eigenvalue weighted by atomic mass is 19.1. The smallest absolute Gasteiger partial charge is 0.439 e. The molecule has 0 saturated heterocycles. The van der Waals surface area contributed by atoms with Crippen molar-refractivity contribution in [2.24, 2.45) is 0 Å². The summed E-state index contributed by atoms with van der Waals surface area (Å²) in [7, 11) is 0. The van der Waals surface area contributed by atoms with Crippen LogP contribution in [0.25, 0.3) is 0 Å². The second-order valence-corrected chi connectivity index (χ2v) is 7.34. The Morgan fingerprint density at radius 1 is 1.27 bits per heavy atom. The van der Waals surface area contributed by atoms with Gasteiger partial charge in [0.05, 0.1) is 5.69 Å². The van der Waals surface area contributed by atoms with Crippen LogP contribution in [0.5, 0.6) is 11.5 Å². The van der Waals surface area contributed by atoms with Gasteiger partial charge < -0.3 is 9.84 Å². The highest BCUT2D eigenvalue weighted by molar-refractivity contribution is 5.45. The van der Waals surface area contributed by atoms with Crippen molar-refractivity contribution in [1.82, 2.24) is 15.1 Å². The van der Waals surface area contributed by atoms with Gasteiger partial charge in [-0.25, -0.2) is 9.18 Å². The van der Waals surface area contributed by atoms with E-state index in [1.165, 1.54) is 0 Å². The first-order chi connectivity index (χ1) is 14.3. The van der Waals surface area contributed by atoms with E-state index in [0.717, 1.165) is 29.7 Å². The Labute approximate surface area is 173 Å². The van der Waals surface area contributed by atoms with E-state index in [-0.39, 0.29) is 29.8 Å². The normalized spacial score (nSPS) is 11.3. The molecule has 0 aliphatic heterocycles. The third kappa shape index (κ3) is 4.53. The highest BCUT2D eigenvalue weighted by Crippen LogP contribution is 2.32. The van der Waals surface area contributed by atoms with Crippen LogP contribution in [-0.2, 0) is 13.0 Å². The van der Waals surface area contributed by atoms with Crippen molar-refractivity contribution in [1.29, 1.82) is 0 Å². The van der Waals surface area contributed by atoms with Gasteiger partial charge in [0.15, 0.2) is 17.4 Å². The van der Waals surface area contributed by atoms with Crippen molar-refractivity contribution in [3.05, 3.63) is 68.5 Å². The molecule has 0 saturated carbocycles. The van der Waals surface area contributed by atoms with Crippen LogP contribution in [0.3, 0.4) is 0 Å². The fourth-order valence-electron chi connectivity index (χ4n) is 3.57. The van der Waals surface area contributed by atoms with Crippen molar-refractivity contribution >= 4 is 0 Å². The standard InChI is InChI=1S/C22H26FN3O4/c1-5-14(6-2)21-17(27)8-7-15(24-21)10-16-12(3)9-18(20(23)13(16)4)29-11-19-25-22(28)30-26-19/h7-9,14,27H,5-6,10-11H2,1-4H3,(H,25,26,28). The summed E-state index contributed by atoms with van der Waals surface area (Å²) in [5, 5.41) is 13.7. The molecule has 2 aromatic heterocycles. The zero-order chi connectivity index (χ0) is 21.8. The Morgan fingerprint density at radius 2 is 2.00 bits per heavy atom. The predicted molar refractivity (Wildman–Crippen MR) is 109 cm³/mol. The van der Waals surface area contributed by atoms with Crippen LogP contribution in [0.4, 0.5) is 4.39 Å². The molecule has 0 aliphatic rings. The monoisotopic (exact) mass is 415 g/mol. The maximum atomic E-state index is 14.9. The molecule has 3 aromatic rings. The maximum Gasteiger partial charge on any atom is 0.439 e. The van der Waals surface area contributed by atoms with Gasteiger partial charge in [0.2, 0.25) is 0 Å². The molecule has 160 valence electrons. The van der Waals surface area contributed by atoms with E-state index < -0.39 is 11.6 Å². The lowest BCUT2D eigenvalue weighted by Gasteiger charge is -2.17. The van der Waals surface area contributed by atoms with E-state index in [2.05, 4.69) is 33.5 Å². The van der Waals surface area contributed by atoms with Crippen molar-refractivity contribution in [3.63, 3.8) is 0 Å². The van der Waals surface area contributed by atoms with Gasteiger partial charge in [-0.05, 0) is 61.6 Å². The van der Waals surface area contributed by atoms with E-state index in [1.54, 1.807) is 25.1 Å². The number of aromatic amines is 1. The molecule has 7 nitrogen and oxygen atoms in total. The summed E-state index contributed by atoms with van der Waals surface area (Å²) in [5.74, 6) is -0.522. The van der Waals surface area contributed by atoms with Crippen molar-refractivity contribution in [2.75, 3.05) is 0 Å². The molecule has 0 atom stereocenters. The number of hydrogen-bond donors (Lipinski definition) is 2. The lowest BCUT2D eigenvalue weighted by atomic mass is 9.95. The van der Waals surface area contributed by atoms with Crippen LogP contribution in [0.1, 0.15) is 66.5 Å². The average Bonchev–Trinajstić information content (AvgIpc) is 3.15. The Bertz CT molecular complexity index is 1090. The topological polar surface area (TPSA) is 101 Å². The van der Waals surface area contributed by atoms with Crippen LogP contribution < -0.4 is 10.5 Å². The minimum atomic E-state index is -0.689. The van der Waals surface area contributed by atoms with Gasteiger partial charge in [0.25, 0.3) is 0 Å². The molecule has 30 heavy (non-hydrogen) atoms. The number of hydrogen-bond acceptors (Lipinski definition) is 6. The third-order valence-corrected chi connectivity index (χ3v) is 5.36. The van der Waals surface area contributed by atoms with Crippen LogP contribution in [0.15, 0.2) is 27.5 Å². The third-order valence-electron chi connectivity index (χ3n) is 5.36. The number of aromatic hydroxyl groups is 1. The number of pyridine rings is 1. The first kappa shape index (κ1) is 21.5. The van der Waals surface area contributed by atoms with Gasteiger partial charge in [-0.2, -0.15) is 0 Å². The van der Waals surface area contributed by atoms with Gasteiger partial charge in [-0.15, -0.1) is 0 Å². The van der Waals surface area contributed by atoms with Crippen molar-refractivity contribution in [2.45, 2.75) is 59.5 Å². The number of halogens is 1. The number of rotatable bonds is 8. The zero-order valence-electron chi connectivity index (χ0n) is 17.6. The van der Waals surface area contributed by atoms with Crippen LogP contribution in [0, 0.1) is 19.7 Å². The molecule has 1 aromatic carbocycles. The first-order valence-corrected chi connectivity index (χ1v) is 9.99. The minimum absolute atomic E-state index is 0.0778. The number of ether oxygens (including phenoxy) is 1. The van der Waals surface area contributed by atoms with Crippen molar-refractivity contribution in [3.8, 4) is 11.5 Å². The Hall–Kier alpha value is -3.16.